The van der Waals surface area contributed by atoms with Crippen molar-refractivity contribution in [3.05, 3.63) is 123 Å². The molecule has 0 radical (unpaired) electrons. The molecule has 6 aromatic heterocycles. The summed E-state index contributed by atoms with van der Waals surface area (Å²) >= 11 is 14.4. The number of hydrogen-bond acceptors (Lipinski definition) is 10. The molecule has 8 aromatic rings. The number of carbonyl (C=O) groups is 1. The normalized spacial score (nSPS) is 10.8. The van der Waals surface area contributed by atoms with Gasteiger partial charge in [0, 0.05) is 52.2 Å². The van der Waals surface area contributed by atoms with Crippen LogP contribution >= 0.6 is 45.8 Å². The maximum atomic E-state index is 12.2. The van der Waals surface area contributed by atoms with E-state index in [9.17, 15) is 4.79 Å². The number of ether oxygens (including phenoxy) is 3. The first-order valence-electron chi connectivity index (χ1n) is 15.5. The van der Waals surface area contributed by atoms with Crippen molar-refractivity contribution in [1.82, 2.24) is 39.0 Å². The predicted octanol–water partition coefficient (Wildman–Crippen LogP) is 7.73. The predicted molar refractivity (Wildman–Crippen MR) is 208 cm³/mol. The van der Waals surface area contributed by atoms with E-state index in [1.807, 2.05) is 41.0 Å². The molecule has 266 valence electrons. The van der Waals surface area contributed by atoms with Crippen LogP contribution in [0.3, 0.4) is 0 Å². The number of esters is 1. The Labute approximate surface area is 325 Å². The third kappa shape index (κ3) is 7.87. The second kappa shape index (κ2) is 16.5. The average Bonchev–Trinajstić information content (AvgIpc) is 3.71. The van der Waals surface area contributed by atoms with Gasteiger partial charge in [-0.2, -0.15) is 0 Å². The molecule has 0 amide bonds. The van der Waals surface area contributed by atoms with Crippen LogP contribution < -0.4 is 9.47 Å². The van der Waals surface area contributed by atoms with Gasteiger partial charge in [-0.15, -0.1) is 0 Å². The Balaban J connectivity index is 0.000000174. The van der Waals surface area contributed by atoms with Crippen molar-refractivity contribution in [3.8, 4) is 11.8 Å². The summed E-state index contributed by atoms with van der Waals surface area (Å²) in [6.45, 7) is 5.69. The minimum atomic E-state index is -0.471. The van der Waals surface area contributed by atoms with E-state index in [0.717, 1.165) is 47.5 Å². The van der Waals surface area contributed by atoms with Gasteiger partial charge in [0.15, 0.2) is 0 Å². The molecule has 0 atom stereocenters. The molecule has 0 bridgehead atoms. The number of hydrogen-bond donors (Lipinski definition) is 0. The van der Waals surface area contributed by atoms with E-state index in [2.05, 4.69) is 82.0 Å². The Morgan fingerprint density at radius 1 is 0.717 bits per heavy atom. The Morgan fingerprint density at radius 2 is 1.21 bits per heavy atom. The summed E-state index contributed by atoms with van der Waals surface area (Å²) in [5, 5.41) is 4.65. The summed E-state index contributed by atoms with van der Waals surface area (Å²) in [7, 11) is 4.46. The van der Waals surface area contributed by atoms with E-state index in [-0.39, 0.29) is 0 Å². The van der Waals surface area contributed by atoms with Crippen molar-refractivity contribution >= 4 is 95.6 Å². The molecule has 0 N–H and O–H groups in total. The van der Waals surface area contributed by atoms with Crippen LogP contribution in [-0.2, 0) is 22.5 Å². The van der Waals surface area contributed by atoms with E-state index in [4.69, 9.17) is 42.1 Å². The van der Waals surface area contributed by atoms with E-state index >= 15 is 0 Å². The van der Waals surface area contributed by atoms with E-state index in [1.165, 1.54) is 26.9 Å². The monoisotopic (exact) mass is 860 g/mol. The van der Waals surface area contributed by atoms with Crippen molar-refractivity contribution in [2.75, 3.05) is 21.3 Å². The molecule has 13 nitrogen and oxygen atoms in total. The van der Waals surface area contributed by atoms with Crippen LogP contribution in [0, 0.1) is 10.2 Å². The van der Waals surface area contributed by atoms with Gasteiger partial charge >= 0.3 is 17.3 Å². The molecule has 0 aliphatic heterocycles. The fourth-order valence-electron chi connectivity index (χ4n) is 5.86. The number of benzene rings is 2. The Kier molecular flexibility index (Phi) is 11.7. The van der Waals surface area contributed by atoms with Crippen molar-refractivity contribution in [1.29, 1.82) is 0 Å². The SMILES string of the molecule is COC(=O)c1cn(Cc2ccc3ncc(Cl)cc3c2)c2ncnc(OC)c12.COc1ncnc2c1c(I)cn2Cc1ccc2ncc(Cl)cc2c1.[C-]#[O+]. The van der Waals surface area contributed by atoms with E-state index in [1.54, 1.807) is 25.7 Å². The maximum absolute atomic E-state index is 12.2. The first-order valence-corrected chi connectivity index (χ1v) is 17.4. The third-order valence-corrected chi connectivity index (χ3v) is 9.35. The summed E-state index contributed by atoms with van der Waals surface area (Å²) in [4.78, 5) is 37.9. The zero-order chi connectivity index (χ0) is 37.6. The molecule has 0 aliphatic rings. The molecule has 0 unspecified atom stereocenters. The number of carbonyl (C=O) groups excluding carboxylic acids is 1. The minimum absolute atomic E-state index is 0.327. The summed E-state index contributed by atoms with van der Waals surface area (Å²) < 4.78 is 28.1. The van der Waals surface area contributed by atoms with Crippen LogP contribution in [0.2, 0.25) is 10.0 Å². The fraction of sp³-hybridized carbons (Fsp3) is 0.135. The molecule has 53 heavy (non-hydrogen) atoms. The molecule has 2 aromatic carbocycles. The van der Waals surface area contributed by atoms with Crippen LogP contribution in [0.1, 0.15) is 21.5 Å². The zero-order valence-corrected chi connectivity index (χ0v) is 31.9. The third-order valence-electron chi connectivity index (χ3n) is 8.11. The molecule has 0 aliphatic carbocycles. The first-order chi connectivity index (χ1) is 25.8. The van der Waals surface area contributed by atoms with Gasteiger partial charge in [0.1, 0.15) is 23.9 Å². The molecular formula is C37H27Cl2IN8O5. The number of rotatable bonds is 7. The molecule has 0 fully saturated rings. The van der Waals surface area contributed by atoms with Crippen molar-refractivity contribution in [2.45, 2.75) is 13.1 Å². The van der Waals surface area contributed by atoms with Gasteiger partial charge in [0.25, 0.3) is 0 Å². The summed E-state index contributed by atoms with van der Waals surface area (Å²) in [6, 6.07) is 15.9. The quantitative estimate of drug-likeness (QED) is 0.0674. The van der Waals surface area contributed by atoms with Crippen LogP contribution in [-0.4, -0.2) is 66.3 Å². The van der Waals surface area contributed by atoms with Crippen LogP contribution in [0.5, 0.6) is 11.8 Å². The van der Waals surface area contributed by atoms with Crippen LogP contribution in [0.4, 0.5) is 0 Å². The summed E-state index contributed by atoms with van der Waals surface area (Å²) in [5.74, 6) is 0.452. The van der Waals surface area contributed by atoms with Crippen molar-refractivity contribution in [2.24, 2.45) is 0 Å². The standard InChI is InChI=1S/C19H15ClN4O3.C17H12ClIN4O.CO/c1-26-18-16-14(19(25)27-2)9-24(17(16)22-10-23-18)8-11-3-4-15-12(5-11)6-13(20)7-21-15;1-24-17-15-13(19)8-23(16(15)21-9-22-17)7-10-2-3-14-11(4-10)5-12(18)6-20-14;1-2/h3-7,9-10H,8H2,1-2H3;2-6,8-9H,7H2,1H3;. The van der Waals surface area contributed by atoms with Gasteiger partial charge in [-0.1, -0.05) is 35.3 Å². The van der Waals surface area contributed by atoms with Crippen molar-refractivity contribution in [3.63, 3.8) is 0 Å². The molecule has 0 saturated carbocycles. The van der Waals surface area contributed by atoms with Gasteiger partial charge in [-0.05, 0) is 70.1 Å². The topological polar surface area (TPSA) is 152 Å². The number of fused-ring (bicyclic) bond motifs is 4. The van der Waals surface area contributed by atoms with Gasteiger partial charge in [0.2, 0.25) is 11.8 Å². The number of aromatic nitrogens is 8. The number of nitrogens with zero attached hydrogens (tertiary/aromatic N) is 8. The molecule has 0 saturated heterocycles. The molecular weight excluding hydrogens is 834 g/mol. The van der Waals surface area contributed by atoms with Gasteiger partial charge in [-0.25, -0.2) is 24.7 Å². The van der Waals surface area contributed by atoms with E-state index < -0.39 is 5.97 Å². The zero-order valence-electron chi connectivity index (χ0n) is 28.2. The van der Waals surface area contributed by atoms with Crippen molar-refractivity contribution < 1.29 is 23.7 Å². The molecule has 6 heterocycles. The van der Waals surface area contributed by atoms with Gasteiger partial charge < -0.3 is 23.3 Å². The Morgan fingerprint density at radius 3 is 1.72 bits per heavy atom. The Hall–Kier alpha value is -5.38. The second-order valence-corrected chi connectivity index (χ2v) is 13.3. The molecule has 16 heteroatoms. The van der Waals surface area contributed by atoms with E-state index in [0.29, 0.717) is 51.5 Å². The van der Waals surface area contributed by atoms with Crippen LogP contribution in [0.15, 0.2) is 86.0 Å². The fourth-order valence-corrected chi connectivity index (χ4v) is 7.00. The number of pyridine rings is 2. The Bertz CT molecular complexity index is 2650. The first kappa shape index (κ1) is 37.4. The van der Waals surface area contributed by atoms with Crippen LogP contribution in [0.25, 0.3) is 43.9 Å². The molecule has 0 spiro atoms. The summed E-state index contributed by atoms with van der Waals surface area (Å²) in [6.07, 6.45) is 9.97. The average molecular weight is 861 g/mol. The second-order valence-electron chi connectivity index (χ2n) is 11.3. The van der Waals surface area contributed by atoms with Gasteiger partial charge in [-0.3, -0.25) is 9.97 Å². The number of halogens is 3. The molecule has 8 rings (SSSR count). The van der Waals surface area contributed by atoms with Gasteiger partial charge in [0.05, 0.1) is 58.7 Å². The summed E-state index contributed by atoms with van der Waals surface area (Å²) in [5.41, 5.74) is 5.76. The number of methoxy groups -OCH3 is 3.